The monoisotopic (exact) mass is 254 g/mol. The van der Waals surface area contributed by atoms with E-state index in [1.54, 1.807) is 0 Å². The van der Waals surface area contributed by atoms with Crippen LogP contribution in [0.15, 0.2) is 0 Å². The van der Waals surface area contributed by atoms with Gasteiger partial charge in [-0.1, -0.05) is 39.5 Å². The summed E-state index contributed by atoms with van der Waals surface area (Å²) in [4.78, 5) is 11.8. The van der Waals surface area contributed by atoms with Crippen LogP contribution < -0.4 is 0 Å². The van der Waals surface area contributed by atoms with Crippen molar-refractivity contribution in [2.75, 3.05) is 0 Å². The van der Waals surface area contributed by atoms with Crippen LogP contribution in [0.1, 0.15) is 78.6 Å². The molecule has 0 aromatic carbocycles. The summed E-state index contributed by atoms with van der Waals surface area (Å²) < 4.78 is 5.51. The van der Waals surface area contributed by atoms with Gasteiger partial charge in [0, 0.05) is 6.42 Å². The molecule has 2 nitrogen and oxygen atoms in total. The average Bonchev–Trinajstić information content (AvgIpc) is 2.37. The molecule has 1 saturated carbocycles. The Kier molecular flexibility index (Phi) is 7.38. The van der Waals surface area contributed by atoms with E-state index in [1.165, 1.54) is 38.5 Å². The number of rotatable bonds is 7. The van der Waals surface area contributed by atoms with Gasteiger partial charge < -0.3 is 4.74 Å². The highest BCUT2D eigenvalue weighted by atomic mass is 16.5. The van der Waals surface area contributed by atoms with Gasteiger partial charge >= 0.3 is 5.97 Å². The molecule has 0 aliphatic heterocycles. The lowest BCUT2D eigenvalue weighted by Gasteiger charge is -2.22. The van der Waals surface area contributed by atoms with Crippen LogP contribution in [0.4, 0.5) is 0 Å². The molecule has 0 N–H and O–H groups in total. The maximum Gasteiger partial charge on any atom is 0.306 e. The summed E-state index contributed by atoms with van der Waals surface area (Å²) in [6.45, 7) is 6.50. The smallest absolute Gasteiger partial charge is 0.306 e. The van der Waals surface area contributed by atoms with Crippen LogP contribution in [-0.4, -0.2) is 12.1 Å². The number of carbonyl (C=O) groups excluding carboxylic acids is 1. The van der Waals surface area contributed by atoms with Gasteiger partial charge in [0.25, 0.3) is 0 Å². The number of hydrogen-bond donors (Lipinski definition) is 0. The molecule has 18 heavy (non-hydrogen) atoms. The zero-order valence-electron chi connectivity index (χ0n) is 12.4. The van der Waals surface area contributed by atoms with E-state index in [-0.39, 0.29) is 12.1 Å². The number of ether oxygens (including phenoxy) is 1. The Morgan fingerprint density at radius 3 is 2.44 bits per heavy atom. The van der Waals surface area contributed by atoms with Crippen LogP contribution in [0.3, 0.4) is 0 Å². The number of esters is 1. The van der Waals surface area contributed by atoms with Crippen molar-refractivity contribution in [3.63, 3.8) is 0 Å². The normalized spacial score (nSPS) is 20.4. The molecule has 0 bridgehead atoms. The first-order valence-corrected chi connectivity index (χ1v) is 7.81. The lowest BCUT2D eigenvalue weighted by molar-refractivity contribution is -0.150. The van der Waals surface area contributed by atoms with E-state index < -0.39 is 0 Å². The Labute approximate surface area is 112 Å². The molecule has 1 aliphatic rings. The van der Waals surface area contributed by atoms with E-state index in [0.717, 1.165) is 18.8 Å². The summed E-state index contributed by atoms with van der Waals surface area (Å²) >= 11 is 0. The fourth-order valence-corrected chi connectivity index (χ4v) is 2.68. The van der Waals surface area contributed by atoms with Crippen molar-refractivity contribution in [2.24, 2.45) is 11.8 Å². The van der Waals surface area contributed by atoms with E-state index in [9.17, 15) is 4.79 Å². The van der Waals surface area contributed by atoms with Gasteiger partial charge in [-0.2, -0.15) is 0 Å². The molecule has 0 aromatic rings. The molecule has 2 heteroatoms. The third kappa shape index (κ3) is 6.42. The second kappa shape index (κ2) is 8.55. The van der Waals surface area contributed by atoms with Gasteiger partial charge in [0.1, 0.15) is 0 Å². The van der Waals surface area contributed by atoms with Gasteiger partial charge in [0.15, 0.2) is 0 Å². The van der Waals surface area contributed by atoms with E-state index in [0.29, 0.717) is 12.3 Å². The predicted molar refractivity (Wildman–Crippen MR) is 75.4 cm³/mol. The highest BCUT2D eigenvalue weighted by molar-refractivity contribution is 5.69. The first-order chi connectivity index (χ1) is 8.61. The lowest BCUT2D eigenvalue weighted by atomic mass is 9.87. The topological polar surface area (TPSA) is 26.3 Å². The quantitative estimate of drug-likeness (QED) is 0.615. The molecule has 0 spiro atoms. The third-order valence-corrected chi connectivity index (χ3v) is 4.28. The Morgan fingerprint density at radius 2 is 1.83 bits per heavy atom. The zero-order chi connectivity index (χ0) is 13.4. The SMILES string of the molecule is CCC(C)CCC(C)OC(=O)CC1CCCCC1. The Morgan fingerprint density at radius 1 is 1.17 bits per heavy atom. The maximum absolute atomic E-state index is 11.8. The molecule has 0 aromatic heterocycles. The molecule has 106 valence electrons. The number of carbonyl (C=O) groups is 1. The van der Waals surface area contributed by atoms with Gasteiger partial charge in [0.2, 0.25) is 0 Å². The highest BCUT2D eigenvalue weighted by Crippen LogP contribution is 2.26. The lowest BCUT2D eigenvalue weighted by Crippen LogP contribution is -2.19. The molecule has 2 unspecified atom stereocenters. The standard InChI is InChI=1S/C16H30O2/c1-4-13(2)10-11-14(3)18-16(17)12-15-8-6-5-7-9-15/h13-15H,4-12H2,1-3H3. The van der Waals surface area contributed by atoms with Gasteiger partial charge in [-0.15, -0.1) is 0 Å². The van der Waals surface area contributed by atoms with Crippen LogP contribution in [0.25, 0.3) is 0 Å². The van der Waals surface area contributed by atoms with Gasteiger partial charge in [-0.3, -0.25) is 4.79 Å². The average molecular weight is 254 g/mol. The predicted octanol–water partition coefficient (Wildman–Crippen LogP) is 4.71. The maximum atomic E-state index is 11.8. The summed E-state index contributed by atoms with van der Waals surface area (Å²) in [5.74, 6) is 1.36. The summed E-state index contributed by atoms with van der Waals surface area (Å²) in [7, 11) is 0. The van der Waals surface area contributed by atoms with Crippen LogP contribution in [0.2, 0.25) is 0 Å². The van der Waals surface area contributed by atoms with Crippen LogP contribution in [0, 0.1) is 11.8 Å². The first-order valence-electron chi connectivity index (χ1n) is 7.81. The van der Waals surface area contributed by atoms with Crippen molar-refractivity contribution in [1.82, 2.24) is 0 Å². The van der Waals surface area contributed by atoms with Crippen LogP contribution >= 0.6 is 0 Å². The van der Waals surface area contributed by atoms with Crippen molar-refractivity contribution in [2.45, 2.75) is 84.7 Å². The van der Waals surface area contributed by atoms with Gasteiger partial charge in [0.05, 0.1) is 6.10 Å². The Bertz CT molecular complexity index is 231. The third-order valence-electron chi connectivity index (χ3n) is 4.28. The molecule has 0 amide bonds. The second-order valence-electron chi connectivity index (χ2n) is 6.10. The molecule has 1 fully saturated rings. The van der Waals surface area contributed by atoms with E-state index in [1.807, 2.05) is 6.92 Å². The minimum atomic E-state index is 0.0264. The van der Waals surface area contributed by atoms with Gasteiger partial charge in [-0.05, 0) is 44.4 Å². The molecule has 1 rings (SSSR count). The van der Waals surface area contributed by atoms with Crippen molar-refractivity contribution < 1.29 is 9.53 Å². The summed E-state index contributed by atoms with van der Waals surface area (Å²) in [6.07, 6.45) is 10.5. The van der Waals surface area contributed by atoms with Gasteiger partial charge in [-0.25, -0.2) is 0 Å². The Hall–Kier alpha value is -0.530. The van der Waals surface area contributed by atoms with E-state index >= 15 is 0 Å². The first kappa shape index (κ1) is 15.5. The van der Waals surface area contributed by atoms with Crippen LogP contribution in [-0.2, 0) is 9.53 Å². The number of hydrogen-bond acceptors (Lipinski definition) is 2. The van der Waals surface area contributed by atoms with Crippen molar-refractivity contribution in [3.05, 3.63) is 0 Å². The molecule has 1 aliphatic carbocycles. The molecule has 2 atom stereocenters. The molecule has 0 heterocycles. The van der Waals surface area contributed by atoms with Crippen molar-refractivity contribution in [1.29, 1.82) is 0 Å². The molecular weight excluding hydrogens is 224 g/mol. The minimum Gasteiger partial charge on any atom is -0.463 e. The molecule has 0 radical (unpaired) electrons. The van der Waals surface area contributed by atoms with Crippen molar-refractivity contribution >= 4 is 5.97 Å². The summed E-state index contributed by atoms with van der Waals surface area (Å²) in [5.41, 5.74) is 0. The highest BCUT2D eigenvalue weighted by Gasteiger charge is 2.19. The van der Waals surface area contributed by atoms with Crippen molar-refractivity contribution in [3.8, 4) is 0 Å². The minimum absolute atomic E-state index is 0.0264. The fraction of sp³-hybridized carbons (Fsp3) is 0.938. The summed E-state index contributed by atoms with van der Waals surface area (Å²) in [5, 5.41) is 0. The van der Waals surface area contributed by atoms with Crippen LogP contribution in [0.5, 0.6) is 0 Å². The molecule has 0 saturated heterocycles. The fourth-order valence-electron chi connectivity index (χ4n) is 2.68. The summed E-state index contributed by atoms with van der Waals surface area (Å²) in [6, 6.07) is 0. The zero-order valence-corrected chi connectivity index (χ0v) is 12.4. The van der Waals surface area contributed by atoms with E-state index in [4.69, 9.17) is 4.74 Å². The second-order valence-corrected chi connectivity index (χ2v) is 6.10. The molecular formula is C16H30O2. The Balaban J connectivity index is 2.14. The van der Waals surface area contributed by atoms with E-state index in [2.05, 4.69) is 13.8 Å². The largest absolute Gasteiger partial charge is 0.463 e.